The first-order chi connectivity index (χ1) is 11.1. The fourth-order valence-corrected chi connectivity index (χ4v) is 2.75. The summed E-state index contributed by atoms with van der Waals surface area (Å²) in [5.74, 6) is 0.154. The van der Waals surface area contributed by atoms with Crippen LogP contribution in [0.5, 0.6) is 0 Å². The summed E-state index contributed by atoms with van der Waals surface area (Å²) in [4.78, 5) is 18.3. The summed E-state index contributed by atoms with van der Waals surface area (Å²) in [5.41, 5.74) is 1.13. The lowest BCUT2D eigenvalue weighted by atomic mass is 10.1. The molecular weight excluding hydrogens is 286 g/mol. The minimum atomic E-state index is 0.154. The second kappa shape index (κ2) is 6.65. The Balaban J connectivity index is 1.65. The number of nitrogens with zero attached hydrogens (tertiary/aromatic N) is 3. The number of rotatable bonds is 5. The van der Waals surface area contributed by atoms with E-state index in [4.69, 9.17) is 0 Å². The average molecular weight is 307 g/mol. The van der Waals surface area contributed by atoms with Gasteiger partial charge in [-0.15, -0.1) is 0 Å². The van der Waals surface area contributed by atoms with Gasteiger partial charge in [0.15, 0.2) is 0 Å². The first kappa shape index (κ1) is 15.3. The van der Waals surface area contributed by atoms with Gasteiger partial charge in [0.2, 0.25) is 5.91 Å². The molecule has 0 fully saturated rings. The van der Waals surface area contributed by atoms with Crippen LogP contribution in [0.4, 0.5) is 0 Å². The van der Waals surface area contributed by atoms with E-state index < -0.39 is 0 Å². The van der Waals surface area contributed by atoms with Gasteiger partial charge in [0, 0.05) is 56.2 Å². The van der Waals surface area contributed by atoms with E-state index in [0.717, 1.165) is 16.3 Å². The second-order valence-corrected chi connectivity index (χ2v) is 5.99. The standard InChI is InChI=1S/C19H21N3O/c1-15(22-9-3-4-10-22)11-19(23)21(2)14-16-5-6-18-13-20-8-7-17(18)12-16/h3-10,12-13,15H,11,14H2,1-2H3. The van der Waals surface area contributed by atoms with Crippen LogP contribution in [0.2, 0.25) is 0 Å². The number of hydrogen-bond donors (Lipinski definition) is 0. The van der Waals surface area contributed by atoms with E-state index in [2.05, 4.69) is 34.7 Å². The Hall–Kier alpha value is -2.62. The van der Waals surface area contributed by atoms with E-state index in [1.54, 1.807) is 11.1 Å². The molecule has 0 aliphatic rings. The first-order valence-corrected chi connectivity index (χ1v) is 7.82. The highest BCUT2D eigenvalue weighted by atomic mass is 16.2. The van der Waals surface area contributed by atoms with Gasteiger partial charge in [0.25, 0.3) is 0 Å². The molecule has 0 saturated carbocycles. The smallest absolute Gasteiger partial charge is 0.224 e. The van der Waals surface area contributed by atoms with E-state index >= 15 is 0 Å². The predicted octanol–water partition coefficient (Wildman–Crippen LogP) is 3.65. The summed E-state index contributed by atoms with van der Waals surface area (Å²) in [7, 11) is 1.86. The number of amides is 1. The zero-order valence-electron chi connectivity index (χ0n) is 13.5. The lowest BCUT2D eigenvalue weighted by Gasteiger charge is -2.21. The van der Waals surface area contributed by atoms with E-state index in [1.165, 1.54) is 0 Å². The highest BCUT2D eigenvalue weighted by Crippen LogP contribution is 2.17. The molecule has 0 radical (unpaired) electrons. The van der Waals surface area contributed by atoms with Crippen molar-refractivity contribution in [1.82, 2.24) is 14.5 Å². The van der Waals surface area contributed by atoms with Crippen molar-refractivity contribution in [2.45, 2.75) is 25.9 Å². The molecule has 4 heteroatoms. The van der Waals surface area contributed by atoms with Crippen LogP contribution in [-0.2, 0) is 11.3 Å². The summed E-state index contributed by atoms with van der Waals surface area (Å²) in [5, 5.41) is 2.27. The molecule has 3 rings (SSSR count). The largest absolute Gasteiger partial charge is 0.351 e. The van der Waals surface area contributed by atoms with Gasteiger partial charge in [0.05, 0.1) is 0 Å². The lowest BCUT2D eigenvalue weighted by Crippen LogP contribution is -2.28. The van der Waals surface area contributed by atoms with Gasteiger partial charge in [-0.1, -0.05) is 12.1 Å². The quantitative estimate of drug-likeness (QED) is 0.721. The Morgan fingerprint density at radius 3 is 2.78 bits per heavy atom. The SMILES string of the molecule is CC(CC(=O)N(C)Cc1ccc2cnccc2c1)n1cccc1. The molecule has 3 aromatic rings. The Morgan fingerprint density at radius 1 is 1.22 bits per heavy atom. The van der Waals surface area contributed by atoms with Crippen LogP contribution in [0.1, 0.15) is 24.9 Å². The predicted molar refractivity (Wildman–Crippen MR) is 92.0 cm³/mol. The average Bonchev–Trinajstić information content (AvgIpc) is 3.09. The summed E-state index contributed by atoms with van der Waals surface area (Å²) >= 11 is 0. The molecule has 23 heavy (non-hydrogen) atoms. The molecule has 0 N–H and O–H groups in total. The van der Waals surface area contributed by atoms with Crippen molar-refractivity contribution in [3.63, 3.8) is 0 Å². The molecule has 0 aliphatic carbocycles. The topological polar surface area (TPSA) is 38.1 Å². The maximum Gasteiger partial charge on any atom is 0.224 e. The zero-order valence-corrected chi connectivity index (χ0v) is 13.5. The van der Waals surface area contributed by atoms with Gasteiger partial charge in [-0.3, -0.25) is 9.78 Å². The Kier molecular flexibility index (Phi) is 4.42. The molecule has 1 unspecified atom stereocenters. The van der Waals surface area contributed by atoms with Gasteiger partial charge in [-0.2, -0.15) is 0 Å². The minimum absolute atomic E-state index is 0.154. The van der Waals surface area contributed by atoms with Crippen LogP contribution in [0.3, 0.4) is 0 Å². The van der Waals surface area contributed by atoms with Crippen molar-refractivity contribution in [2.24, 2.45) is 0 Å². The monoisotopic (exact) mass is 307 g/mol. The third kappa shape index (κ3) is 3.59. The summed E-state index contributed by atoms with van der Waals surface area (Å²) < 4.78 is 2.06. The molecule has 118 valence electrons. The van der Waals surface area contributed by atoms with Crippen molar-refractivity contribution in [2.75, 3.05) is 7.05 Å². The van der Waals surface area contributed by atoms with Gasteiger partial charge in [-0.05, 0) is 42.1 Å². The third-order valence-corrected chi connectivity index (χ3v) is 4.16. The molecule has 1 amide bonds. The fourth-order valence-electron chi connectivity index (χ4n) is 2.75. The maximum atomic E-state index is 12.4. The number of pyridine rings is 1. The highest BCUT2D eigenvalue weighted by molar-refractivity contribution is 5.82. The van der Waals surface area contributed by atoms with Crippen molar-refractivity contribution in [1.29, 1.82) is 0 Å². The molecule has 2 heterocycles. The van der Waals surface area contributed by atoms with E-state index in [1.807, 2.05) is 43.8 Å². The van der Waals surface area contributed by atoms with E-state index in [9.17, 15) is 4.79 Å². The number of carbonyl (C=O) groups excluding carboxylic acids is 1. The normalized spacial score (nSPS) is 12.3. The van der Waals surface area contributed by atoms with Crippen molar-refractivity contribution in [3.05, 3.63) is 66.7 Å². The summed E-state index contributed by atoms with van der Waals surface area (Å²) in [6, 6.07) is 12.4. The molecule has 0 bridgehead atoms. The first-order valence-electron chi connectivity index (χ1n) is 7.82. The maximum absolute atomic E-state index is 12.4. The molecule has 2 aromatic heterocycles. The molecule has 0 saturated heterocycles. The lowest BCUT2D eigenvalue weighted by molar-refractivity contribution is -0.131. The number of aromatic nitrogens is 2. The van der Waals surface area contributed by atoms with Crippen molar-refractivity contribution < 1.29 is 4.79 Å². The van der Waals surface area contributed by atoms with Crippen LogP contribution in [0.15, 0.2) is 61.2 Å². The van der Waals surface area contributed by atoms with Gasteiger partial charge >= 0.3 is 0 Å². The van der Waals surface area contributed by atoms with Crippen molar-refractivity contribution in [3.8, 4) is 0 Å². The molecule has 4 nitrogen and oxygen atoms in total. The van der Waals surface area contributed by atoms with Crippen LogP contribution in [0, 0.1) is 0 Å². The number of benzene rings is 1. The highest BCUT2D eigenvalue weighted by Gasteiger charge is 2.14. The number of hydrogen-bond acceptors (Lipinski definition) is 2. The fraction of sp³-hybridized carbons (Fsp3) is 0.263. The Morgan fingerprint density at radius 2 is 2.00 bits per heavy atom. The zero-order chi connectivity index (χ0) is 16.2. The summed E-state index contributed by atoms with van der Waals surface area (Å²) in [6.45, 7) is 2.68. The molecule has 0 spiro atoms. The minimum Gasteiger partial charge on any atom is -0.351 e. The number of carbonyl (C=O) groups is 1. The molecule has 1 atom stereocenters. The van der Waals surface area contributed by atoms with Crippen LogP contribution in [0.25, 0.3) is 10.8 Å². The van der Waals surface area contributed by atoms with Crippen LogP contribution >= 0.6 is 0 Å². The third-order valence-electron chi connectivity index (χ3n) is 4.16. The van der Waals surface area contributed by atoms with Gasteiger partial charge in [-0.25, -0.2) is 0 Å². The van der Waals surface area contributed by atoms with Crippen molar-refractivity contribution >= 4 is 16.7 Å². The Labute approximate surface area is 136 Å². The van der Waals surface area contributed by atoms with Crippen LogP contribution < -0.4 is 0 Å². The molecule has 0 aliphatic heterocycles. The Bertz CT molecular complexity index is 795. The van der Waals surface area contributed by atoms with E-state index in [-0.39, 0.29) is 11.9 Å². The van der Waals surface area contributed by atoms with Gasteiger partial charge < -0.3 is 9.47 Å². The van der Waals surface area contributed by atoms with Gasteiger partial charge in [0.1, 0.15) is 0 Å². The second-order valence-electron chi connectivity index (χ2n) is 5.99. The number of fused-ring (bicyclic) bond motifs is 1. The molecule has 1 aromatic carbocycles. The van der Waals surface area contributed by atoms with Crippen LogP contribution in [-0.4, -0.2) is 27.4 Å². The summed E-state index contributed by atoms with van der Waals surface area (Å²) in [6.07, 6.45) is 8.14. The van der Waals surface area contributed by atoms with E-state index in [0.29, 0.717) is 13.0 Å². The molecular formula is C19H21N3O.